The molecule has 2 unspecified atom stereocenters. The number of rotatable bonds is 10. The van der Waals surface area contributed by atoms with Crippen molar-refractivity contribution >= 4 is 35.3 Å². The normalized spacial score (nSPS) is 16.0. The number of ether oxygens (including phenoxy) is 3. The van der Waals surface area contributed by atoms with Crippen LogP contribution in [0.4, 0.5) is 10.1 Å². The van der Waals surface area contributed by atoms with Crippen LogP contribution in [-0.2, 0) is 10.3 Å². The Hall–Kier alpha value is -5.15. The lowest BCUT2D eigenvalue weighted by molar-refractivity contribution is -0.119. The summed E-state index contributed by atoms with van der Waals surface area (Å²) in [7, 11) is 3.04. The maximum absolute atomic E-state index is 15.1. The average molecular weight is 656 g/mol. The first-order chi connectivity index (χ1) is 22.4. The summed E-state index contributed by atoms with van der Waals surface area (Å²) in [5, 5.41) is 6.39. The molecule has 0 bridgehead atoms. The molecule has 4 aromatic rings. The quantitative estimate of drug-likeness (QED) is 0.183. The number of halogens is 2. The molecule has 1 aliphatic heterocycles. The molecule has 4 aromatic carbocycles. The highest BCUT2D eigenvalue weighted by atomic mass is 35.5. The lowest BCUT2D eigenvalue weighted by atomic mass is 9.89. The first-order valence-electron chi connectivity index (χ1n) is 14.8. The van der Waals surface area contributed by atoms with Gasteiger partial charge in [-0.25, -0.2) is 4.39 Å². The second kappa shape index (κ2) is 13.7. The Morgan fingerprint density at radius 2 is 1.60 bits per heavy atom. The number of hydrogen-bond donors (Lipinski definition) is 2. The summed E-state index contributed by atoms with van der Waals surface area (Å²) in [6.45, 7) is 5.55. The van der Waals surface area contributed by atoms with Crippen LogP contribution in [0.1, 0.15) is 53.9 Å². The van der Waals surface area contributed by atoms with Crippen LogP contribution in [0.5, 0.6) is 17.2 Å². The van der Waals surface area contributed by atoms with Gasteiger partial charge in [0.15, 0.2) is 23.1 Å². The highest BCUT2D eigenvalue weighted by Gasteiger charge is 2.40. The molecule has 0 radical (unpaired) electrons. The molecule has 8 nitrogen and oxygen atoms in total. The smallest absolute Gasteiger partial charge is 0.260 e. The molecule has 1 aliphatic rings. The van der Waals surface area contributed by atoms with Crippen molar-refractivity contribution in [2.24, 2.45) is 4.99 Å². The molecule has 0 saturated carbocycles. The fourth-order valence-corrected chi connectivity index (χ4v) is 5.31. The number of carbonyl (C=O) groups is 2. The Balaban J connectivity index is 1.54. The van der Waals surface area contributed by atoms with Crippen molar-refractivity contribution in [2.45, 2.75) is 38.0 Å². The summed E-state index contributed by atoms with van der Waals surface area (Å²) in [4.78, 5) is 32.2. The Bertz CT molecular complexity index is 1840. The fourth-order valence-electron chi connectivity index (χ4n) is 5.18. The monoisotopic (exact) mass is 655 g/mol. The number of anilines is 1. The van der Waals surface area contributed by atoms with E-state index < -0.39 is 34.8 Å². The first-order valence-corrected chi connectivity index (χ1v) is 15.2. The van der Waals surface area contributed by atoms with Crippen molar-refractivity contribution in [2.75, 3.05) is 19.5 Å². The van der Waals surface area contributed by atoms with Crippen molar-refractivity contribution < 1.29 is 28.2 Å². The Morgan fingerprint density at radius 3 is 2.23 bits per heavy atom. The number of nitrogens with one attached hydrogen (secondary N) is 2. The summed E-state index contributed by atoms with van der Waals surface area (Å²) in [5.41, 5.74) is -0.0647. The molecule has 0 fully saturated rings. The number of amides is 2. The largest absolute Gasteiger partial charge is 0.493 e. The van der Waals surface area contributed by atoms with Gasteiger partial charge in [-0.15, -0.1) is 0 Å². The predicted octanol–water partition coefficient (Wildman–Crippen LogP) is 7.67. The van der Waals surface area contributed by atoms with Gasteiger partial charge in [-0.1, -0.05) is 48.0 Å². The minimum absolute atomic E-state index is 0.138. The lowest BCUT2D eigenvalue weighted by Crippen LogP contribution is -2.41. The van der Waals surface area contributed by atoms with E-state index in [0.717, 1.165) is 0 Å². The summed E-state index contributed by atoms with van der Waals surface area (Å²) < 4.78 is 32.4. The number of benzene rings is 4. The third-order valence-electron chi connectivity index (χ3n) is 7.45. The van der Waals surface area contributed by atoms with Crippen molar-refractivity contribution in [3.05, 3.63) is 130 Å². The van der Waals surface area contributed by atoms with Crippen LogP contribution in [0, 0.1) is 5.82 Å². The van der Waals surface area contributed by atoms with Crippen molar-refractivity contribution in [3.8, 4) is 17.2 Å². The third-order valence-corrected chi connectivity index (χ3v) is 7.70. The second-order valence-electron chi connectivity index (χ2n) is 11.9. The molecular formula is C37H35ClFN3O5. The lowest BCUT2D eigenvalue weighted by Gasteiger charge is -2.26. The van der Waals surface area contributed by atoms with Gasteiger partial charge in [-0.3, -0.25) is 14.6 Å². The minimum Gasteiger partial charge on any atom is -0.493 e. The molecule has 1 heterocycles. The zero-order valence-corrected chi connectivity index (χ0v) is 27.4. The third kappa shape index (κ3) is 7.31. The van der Waals surface area contributed by atoms with Crippen LogP contribution in [0.25, 0.3) is 0 Å². The Labute approximate surface area is 278 Å². The number of carbonyl (C=O) groups excluding carboxylic acids is 2. The van der Waals surface area contributed by atoms with E-state index in [0.29, 0.717) is 33.3 Å². The fraction of sp³-hybridized carbons (Fsp3) is 0.216. The standard InChI is InChI=1S/C37H35ClFN3O5/c1-36(2,3)42-34(43)28-22-26(41-35(44)37(19-8-20-40-37)24-13-17-31(45-4)32(21-24)46-5)16-18-30(28)47-33(23-11-14-25(38)15-12-23)27-9-6-7-10-29(27)39/h6-22,33H,1-5H3,(H,41,44)(H,42,43). The van der Waals surface area contributed by atoms with Crippen LogP contribution in [-0.4, -0.2) is 37.8 Å². The molecule has 5 rings (SSSR count). The number of methoxy groups -OCH3 is 2. The van der Waals surface area contributed by atoms with Gasteiger partial charge in [0.1, 0.15) is 11.6 Å². The molecule has 47 heavy (non-hydrogen) atoms. The molecule has 0 aromatic heterocycles. The van der Waals surface area contributed by atoms with Crippen LogP contribution in [0.2, 0.25) is 5.02 Å². The van der Waals surface area contributed by atoms with Crippen LogP contribution >= 0.6 is 11.6 Å². The average Bonchev–Trinajstić information content (AvgIpc) is 3.55. The zero-order chi connectivity index (χ0) is 33.8. The van der Waals surface area contributed by atoms with Gasteiger partial charge >= 0.3 is 0 Å². The van der Waals surface area contributed by atoms with Gasteiger partial charge in [0, 0.05) is 28.0 Å². The molecule has 2 atom stereocenters. The van der Waals surface area contributed by atoms with Crippen LogP contribution in [0.15, 0.2) is 102 Å². The van der Waals surface area contributed by atoms with E-state index in [9.17, 15) is 9.59 Å². The second-order valence-corrected chi connectivity index (χ2v) is 12.4. The van der Waals surface area contributed by atoms with Crippen molar-refractivity contribution in [3.63, 3.8) is 0 Å². The van der Waals surface area contributed by atoms with E-state index in [4.69, 9.17) is 25.8 Å². The van der Waals surface area contributed by atoms with E-state index in [-0.39, 0.29) is 16.9 Å². The van der Waals surface area contributed by atoms with Gasteiger partial charge < -0.3 is 24.8 Å². The highest BCUT2D eigenvalue weighted by Crippen LogP contribution is 2.38. The summed E-state index contributed by atoms with van der Waals surface area (Å²) >= 11 is 6.14. The van der Waals surface area contributed by atoms with E-state index in [1.807, 2.05) is 20.8 Å². The molecule has 10 heteroatoms. The van der Waals surface area contributed by atoms with Gasteiger partial charge in [0.25, 0.3) is 11.8 Å². The van der Waals surface area contributed by atoms with Gasteiger partial charge in [0.05, 0.1) is 19.8 Å². The van der Waals surface area contributed by atoms with Crippen LogP contribution in [0.3, 0.4) is 0 Å². The number of nitrogens with zero attached hydrogens (tertiary/aromatic N) is 1. The molecule has 0 spiro atoms. The molecular weight excluding hydrogens is 621 g/mol. The van der Waals surface area contributed by atoms with E-state index in [1.165, 1.54) is 26.4 Å². The van der Waals surface area contributed by atoms with Gasteiger partial charge in [-0.05, 0) is 92.6 Å². The van der Waals surface area contributed by atoms with Crippen molar-refractivity contribution in [1.29, 1.82) is 0 Å². The topological polar surface area (TPSA) is 98.2 Å². The van der Waals surface area contributed by atoms with Crippen LogP contribution < -0.4 is 24.8 Å². The van der Waals surface area contributed by atoms with E-state index in [2.05, 4.69) is 15.6 Å². The van der Waals surface area contributed by atoms with Crippen molar-refractivity contribution in [1.82, 2.24) is 5.32 Å². The SMILES string of the molecule is COc1ccc(C2(C(=O)Nc3ccc(OC(c4ccc(Cl)cc4)c4ccccc4F)c(C(=O)NC(C)(C)C)c3)C=CC=N2)cc1OC. The van der Waals surface area contributed by atoms with Gasteiger partial charge in [0.2, 0.25) is 0 Å². The Morgan fingerprint density at radius 1 is 0.894 bits per heavy atom. The molecule has 2 N–H and O–H groups in total. The maximum atomic E-state index is 15.1. The zero-order valence-electron chi connectivity index (χ0n) is 26.6. The number of aliphatic imine (C=N–C) groups is 1. The highest BCUT2D eigenvalue weighted by molar-refractivity contribution is 6.30. The summed E-state index contributed by atoms with van der Waals surface area (Å²) in [5.74, 6) is -0.240. The Kier molecular flexibility index (Phi) is 9.67. The first kappa shape index (κ1) is 33.2. The molecule has 242 valence electrons. The predicted molar refractivity (Wildman–Crippen MR) is 181 cm³/mol. The van der Waals surface area contributed by atoms with Gasteiger partial charge in [-0.2, -0.15) is 0 Å². The van der Waals surface area contributed by atoms with E-state index in [1.54, 1.807) is 91.2 Å². The maximum Gasteiger partial charge on any atom is 0.260 e. The summed E-state index contributed by atoms with van der Waals surface area (Å²) in [6, 6.07) is 23.0. The molecule has 0 aliphatic carbocycles. The molecule has 0 saturated heterocycles. The van der Waals surface area contributed by atoms with E-state index >= 15 is 4.39 Å². The molecule has 2 amide bonds. The number of hydrogen-bond acceptors (Lipinski definition) is 6. The number of allylic oxidation sites excluding steroid dienone is 1. The minimum atomic E-state index is -1.40. The summed E-state index contributed by atoms with van der Waals surface area (Å²) in [6.07, 6.45) is 4.00.